The number of rotatable bonds is 7. The number of hydrogen-bond acceptors (Lipinski definition) is 4. The molecule has 5 heteroatoms. The van der Waals surface area contributed by atoms with Gasteiger partial charge in [0.05, 0.1) is 18.2 Å². The Morgan fingerprint density at radius 1 is 1.42 bits per heavy atom. The fourth-order valence-electron chi connectivity index (χ4n) is 2.15. The van der Waals surface area contributed by atoms with E-state index in [1.54, 1.807) is 11.8 Å². The Bertz CT molecular complexity index is 422. The lowest BCUT2D eigenvalue weighted by Crippen LogP contribution is -2.51. The fourth-order valence-corrected chi connectivity index (χ4v) is 2.15. The number of aromatic nitrogens is 1. The highest BCUT2D eigenvalue weighted by Gasteiger charge is 2.22. The maximum Gasteiger partial charge on any atom is 0.266 e. The van der Waals surface area contributed by atoms with Gasteiger partial charge in [0.25, 0.3) is 5.69 Å². The number of hydrogen-bond donors (Lipinski definition) is 2. The van der Waals surface area contributed by atoms with Gasteiger partial charge in [0.2, 0.25) is 6.20 Å². The first kappa shape index (κ1) is 15.7. The molecule has 0 saturated carbocycles. The van der Waals surface area contributed by atoms with Gasteiger partial charge in [0, 0.05) is 10.8 Å². The summed E-state index contributed by atoms with van der Waals surface area (Å²) < 4.78 is 6.93. The predicted octanol–water partition coefficient (Wildman–Crippen LogP) is 0.648. The van der Waals surface area contributed by atoms with Gasteiger partial charge in [-0.25, -0.2) is 0 Å². The van der Waals surface area contributed by atoms with E-state index in [1.807, 2.05) is 20.0 Å². The van der Waals surface area contributed by atoms with Crippen LogP contribution in [0.1, 0.15) is 36.6 Å². The van der Waals surface area contributed by atoms with Crippen LogP contribution in [0.3, 0.4) is 0 Å². The second-order valence-corrected chi connectivity index (χ2v) is 4.75. The quantitative estimate of drug-likeness (QED) is 0.713. The number of aliphatic hydroxyl groups excluding tert-OH is 1. The number of ether oxygens (including phenoxy) is 1. The minimum Gasteiger partial charge on any atom is -0.496 e. The Labute approximate surface area is 114 Å². The van der Waals surface area contributed by atoms with Gasteiger partial charge in [-0.15, -0.1) is 0 Å². The van der Waals surface area contributed by atoms with E-state index in [0.717, 1.165) is 29.7 Å². The van der Waals surface area contributed by atoms with Crippen LogP contribution in [0, 0.1) is 13.8 Å². The molecule has 0 aliphatic heterocycles. The molecule has 1 unspecified atom stereocenters. The molecule has 1 atom stereocenters. The Morgan fingerprint density at radius 2 is 2.11 bits per heavy atom. The van der Waals surface area contributed by atoms with E-state index >= 15 is 0 Å². The summed E-state index contributed by atoms with van der Waals surface area (Å²) >= 11 is 0. The van der Waals surface area contributed by atoms with Crippen molar-refractivity contribution in [3.05, 3.63) is 23.0 Å². The van der Waals surface area contributed by atoms with Crippen LogP contribution in [-0.2, 0) is 6.61 Å². The molecule has 0 radical (unpaired) electrons. The van der Waals surface area contributed by atoms with Gasteiger partial charge in [-0.05, 0) is 20.3 Å². The van der Waals surface area contributed by atoms with Crippen LogP contribution in [-0.4, -0.2) is 24.9 Å². The lowest BCUT2D eigenvalue weighted by molar-refractivity contribution is -0.897. The molecule has 3 N–H and O–H groups in total. The number of methoxy groups -OCH3 is 1. The monoisotopic (exact) mass is 269 g/mol. The fraction of sp³-hybridized carbons (Fsp3) is 0.643. The number of aryl methyl sites for hydroxylation is 1. The molecule has 1 aromatic heterocycles. The van der Waals surface area contributed by atoms with E-state index in [9.17, 15) is 5.11 Å². The third-order valence-electron chi connectivity index (χ3n) is 3.15. The van der Waals surface area contributed by atoms with Crippen LogP contribution in [0.15, 0.2) is 6.20 Å². The molecule has 0 aromatic carbocycles. The Morgan fingerprint density at radius 3 is 2.63 bits per heavy atom. The van der Waals surface area contributed by atoms with Gasteiger partial charge in [-0.1, -0.05) is 13.3 Å². The van der Waals surface area contributed by atoms with Crippen molar-refractivity contribution in [2.24, 2.45) is 5.73 Å². The molecule has 1 aromatic rings. The van der Waals surface area contributed by atoms with Crippen LogP contribution in [0.25, 0.3) is 0 Å². The summed E-state index contributed by atoms with van der Waals surface area (Å²) in [5.74, 6) is 0.779. The summed E-state index contributed by atoms with van der Waals surface area (Å²) in [6, 6.07) is 0.00626. The van der Waals surface area contributed by atoms with Crippen molar-refractivity contribution in [1.29, 1.82) is 0 Å². The Balaban J connectivity index is 2.94. The average Bonchev–Trinajstić information content (AvgIpc) is 2.37. The summed E-state index contributed by atoms with van der Waals surface area (Å²) in [7, 11) is 1.62. The van der Waals surface area contributed by atoms with Crippen molar-refractivity contribution in [2.75, 3.05) is 13.7 Å². The van der Waals surface area contributed by atoms with Crippen LogP contribution in [0.4, 0.5) is 0 Å². The number of aliphatic hydroxyl groups is 1. The molecule has 0 aliphatic rings. The average molecular weight is 269 g/mol. The van der Waals surface area contributed by atoms with E-state index < -0.39 is 0 Å². The molecular weight excluding hydrogens is 244 g/mol. The molecular formula is C14H25N2O3+. The van der Waals surface area contributed by atoms with Crippen molar-refractivity contribution >= 4 is 0 Å². The summed E-state index contributed by atoms with van der Waals surface area (Å²) in [5, 5.41) is 9.49. The normalized spacial score (nSPS) is 12.3. The van der Waals surface area contributed by atoms with Crippen LogP contribution in [0.5, 0.6) is 5.75 Å². The minimum atomic E-state index is -0.106. The lowest BCUT2D eigenvalue weighted by Gasteiger charge is -2.12. The molecule has 108 valence electrons. The van der Waals surface area contributed by atoms with Gasteiger partial charge in [-0.2, -0.15) is 0 Å². The van der Waals surface area contributed by atoms with Crippen molar-refractivity contribution in [3.8, 4) is 5.75 Å². The summed E-state index contributed by atoms with van der Waals surface area (Å²) in [6.07, 6.45) is 3.77. The summed E-state index contributed by atoms with van der Waals surface area (Å²) in [4.78, 5) is 5.68. The van der Waals surface area contributed by atoms with E-state index in [4.69, 9.17) is 15.3 Å². The van der Waals surface area contributed by atoms with E-state index in [0.29, 0.717) is 12.3 Å². The number of pyridine rings is 1. The second kappa shape index (κ2) is 7.31. The summed E-state index contributed by atoms with van der Waals surface area (Å²) in [6.45, 7) is 6.26. The number of nitrogens with zero attached hydrogens (tertiary/aromatic N) is 1. The van der Waals surface area contributed by atoms with E-state index in [1.165, 1.54) is 0 Å². The highest BCUT2D eigenvalue weighted by Crippen LogP contribution is 2.22. The van der Waals surface area contributed by atoms with E-state index in [2.05, 4.69) is 6.92 Å². The maximum absolute atomic E-state index is 9.49. The molecule has 1 rings (SSSR count). The zero-order chi connectivity index (χ0) is 14.4. The molecule has 0 amide bonds. The highest BCUT2D eigenvalue weighted by molar-refractivity contribution is 5.38. The minimum absolute atomic E-state index is 0.00626. The van der Waals surface area contributed by atoms with Crippen LogP contribution < -0.4 is 20.0 Å². The SMILES string of the molecule is CCCC(N)CO[n+]1cc(C)c(OC)c(C)c1CO. The van der Waals surface area contributed by atoms with Crippen LogP contribution >= 0.6 is 0 Å². The number of nitrogens with two attached hydrogens (primary N) is 1. The third-order valence-corrected chi connectivity index (χ3v) is 3.15. The van der Waals surface area contributed by atoms with Gasteiger partial charge in [-0.3, -0.25) is 4.84 Å². The van der Waals surface area contributed by atoms with Crippen LogP contribution in [0.2, 0.25) is 0 Å². The van der Waals surface area contributed by atoms with Crippen molar-refractivity contribution in [2.45, 2.75) is 46.3 Å². The first-order valence-corrected chi connectivity index (χ1v) is 6.63. The zero-order valence-corrected chi connectivity index (χ0v) is 12.3. The van der Waals surface area contributed by atoms with Gasteiger partial charge < -0.3 is 15.6 Å². The Hall–Kier alpha value is -1.33. The maximum atomic E-state index is 9.49. The predicted molar refractivity (Wildman–Crippen MR) is 72.9 cm³/mol. The first-order chi connectivity index (χ1) is 9.04. The molecule has 1 heterocycles. The largest absolute Gasteiger partial charge is 0.496 e. The molecule has 0 aliphatic carbocycles. The van der Waals surface area contributed by atoms with E-state index in [-0.39, 0.29) is 12.6 Å². The standard InChI is InChI=1S/C14H25N2O3/c1-5-6-12(15)9-19-16-7-10(2)14(18-4)11(3)13(16)8-17/h7,12,17H,5-6,8-9,15H2,1-4H3/q+1. The molecule has 0 fully saturated rings. The molecule has 0 bridgehead atoms. The van der Waals surface area contributed by atoms with Crippen molar-refractivity contribution < 1.29 is 19.4 Å². The topological polar surface area (TPSA) is 68.6 Å². The molecule has 19 heavy (non-hydrogen) atoms. The van der Waals surface area contributed by atoms with Gasteiger partial charge in [0.15, 0.2) is 6.61 Å². The lowest BCUT2D eigenvalue weighted by atomic mass is 10.1. The van der Waals surface area contributed by atoms with Gasteiger partial charge in [0.1, 0.15) is 12.4 Å². The Kier molecular flexibility index (Phi) is 6.05. The first-order valence-electron chi connectivity index (χ1n) is 6.63. The summed E-state index contributed by atoms with van der Waals surface area (Å²) in [5.41, 5.74) is 8.46. The second-order valence-electron chi connectivity index (χ2n) is 4.75. The molecule has 0 spiro atoms. The smallest absolute Gasteiger partial charge is 0.266 e. The molecule has 0 saturated heterocycles. The van der Waals surface area contributed by atoms with Gasteiger partial charge >= 0.3 is 0 Å². The highest BCUT2D eigenvalue weighted by atomic mass is 16.7. The zero-order valence-electron chi connectivity index (χ0n) is 12.3. The molecule has 5 nitrogen and oxygen atoms in total. The van der Waals surface area contributed by atoms with Crippen molar-refractivity contribution in [3.63, 3.8) is 0 Å². The van der Waals surface area contributed by atoms with Crippen molar-refractivity contribution in [1.82, 2.24) is 0 Å². The third kappa shape index (κ3) is 3.81.